The van der Waals surface area contributed by atoms with Crippen molar-refractivity contribution in [1.82, 2.24) is 10.2 Å². The summed E-state index contributed by atoms with van der Waals surface area (Å²) in [5, 5.41) is 10.1. The van der Waals surface area contributed by atoms with E-state index in [1.165, 1.54) is 82.0 Å². The first-order valence-corrected chi connectivity index (χ1v) is 13.8. The van der Waals surface area contributed by atoms with Gasteiger partial charge in [0.05, 0.1) is 13.2 Å². The van der Waals surface area contributed by atoms with Crippen molar-refractivity contribution in [2.45, 2.75) is 97.3 Å². The maximum Gasteiger partial charge on any atom is 0.294 e. The van der Waals surface area contributed by atoms with E-state index in [-0.39, 0.29) is 0 Å². The van der Waals surface area contributed by atoms with E-state index in [0.29, 0.717) is 5.19 Å². The van der Waals surface area contributed by atoms with Gasteiger partial charge in [-0.15, -0.1) is 5.10 Å². The molecule has 1 aliphatic rings. The molecule has 5 heteroatoms. The Labute approximate surface area is 199 Å². The third kappa shape index (κ3) is 8.73. The van der Waals surface area contributed by atoms with Crippen molar-refractivity contribution in [3.63, 3.8) is 0 Å². The first kappa shape index (κ1) is 25.0. The van der Waals surface area contributed by atoms with Crippen molar-refractivity contribution in [3.05, 3.63) is 24.3 Å². The molecule has 0 radical (unpaired) electrons. The molecule has 4 nitrogen and oxygen atoms in total. The van der Waals surface area contributed by atoms with Crippen LogP contribution in [0.1, 0.15) is 97.3 Å². The topological polar surface area (TPSA) is 44.2 Å². The maximum atomic E-state index is 5.91. The highest BCUT2D eigenvalue weighted by Gasteiger charge is 2.20. The van der Waals surface area contributed by atoms with E-state index < -0.39 is 0 Å². The molecule has 3 rings (SSSR count). The average molecular weight is 459 g/mol. The summed E-state index contributed by atoms with van der Waals surface area (Å²) in [5.74, 6) is 2.81. The highest BCUT2D eigenvalue weighted by atomic mass is 32.1. The Balaban J connectivity index is 1.31. The fourth-order valence-electron chi connectivity index (χ4n) is 4.64. The highest BCUT2D eigenvalue weighted by Crippen LogP contribution is 2.34. The van der Waals surface area contributed by atoms with Crippen molar-refractivity contribution in [3.8, 4) is 21.5 Å². The van der Waals surface area contributed by atoms with Gasteiger partial charge in [-0.1, -0.05) is 94.5 Å². The van der Waals surface area contributed by atoms with Crippen molar-refractivity contribution >= 4 is 11.3 Å². The Morgan fingerprint density at radius 1 is 0.750 bits per heavy atom. The molecule has 1 saturated carbocycles. The summed E-state index contributed by atoms with van der Waals surface area (Å²) in [7, 11) is 0. The zero-order chi connectivity index (χ0) is 22.4. The van der Waals surface area contributed by atoms with Gasteiger partial charge in [-0.05, 0) is 55.4 Å². The van der Waals surface area contributed by atoms with Crippen LogP contribution < -0.4 is 9.47 Å². The molecule has 0 N–H and O–H groups in total. The lowest BCUT2D eigenvalue weighted by Gasteiger charge is -2.28. The minimum Gasteiger partial charge on any atom is -0.494 e. The Morgan fingerprint density at radius 3 is 2.06 bits per heavy atom. The zero-order valence-corrected chi connectivity index (χ0v) is 21.0. The summed E-state index contributed by atoms with van der Waals surface area (Å²) >= 11 is 1.53. The Bertz CT molecular complexity index is 738. The van der Waals surface area contributed by atoms with Gasteiger partial charge in [-0.3, -0.25) is 0 Å². The molecule has 32 heavy (non-hydrogen) atoms. The van der Waals surface area contributed by atoms with E-state index in [2.05, 4.69) is 36.2 Å². The highest BCUT2D eigenvalue weighted by molar-refractivity contribution is 7.16. The first-order valence-electron chi connectivity index (χ1n) is 13.0. The minimum atomic E-state index is 0.680. The lowest BCUT2D eigenvalue weighted by Crippen LogP contribution is -2.15. The third-order valence-corrected chi connectivity index (χ3v) is 7.57. The molecular formula is C27H42N2O2S. The van der Waals surface area contributed by atoms with Crippen LogP contribution in [0.4, 0.5) is 0 Å². The van der Waals surface area contributed by atoms with Gasteiger partial charge < -0.3 is 9.47 Å². The monoisotopic (exact) mass is 458 g/mol. The van der Waals surface area contributed by atoms with Gasteiger partial charge in [-0.25, -0.2) is 0 Å². The van der Waals surface area contributed by atoms with Crippen LogP contribution in [0.15, 0.2) is 24.3 Å². The van der Waals surface area contributed by atoms with Gasteiger partial charge in [0.2, 0.25) is 0 Å². The second-order valence-electron chi connectivity index (χ2n) is 9.33. The van der Waals surface area contributed by atoms with Crippen molar-refractivity contribution in [2.24, 2.45) is 11.8 Å². The number of ether oxygens (including phenoxy) is 2. The van der Waals surface area contributed by atoms with Crippen LogP contribution in [0.2, 0.25) is 0 Å². The summed E-state index contributed by atoms with van der Waals surface area (Å²) in [6, 6.07) is 8.14. The molecule has 2 aromatic rings. The molecule has 0 amide bonds. The lowest BCUT2D eigenvalue weighted by atomic mass is 9.78. The molecule has 0 bridgehead atoms. The molecule has 1 aliphatic carbocycles. The van der Waals surface area contributed by atoms with E-state index in [9.17, 15) is 0 Å². The Kier molecular flexibility index (Phi) is 11.3. The number of hydrogen-bond donors (Lipinski definition) is 0. The molecule has 1 fully saturated rings. The van der Waals surface area contributed by atoms with Crippen LogP contribution >= 0.6 is 11.3 Å². The molecule has 1 heterocycles. The molecule has 178 valence electrons. The van der Waals surface area contributed by atoms with E-state index in [0.717, 1.165) is 54.2 Å². The smallest absolute Gasteiger partial charge is 0.294 e. The number of benzene rings is 1. The van der Waals surface area contributed by atoms with E-state index in [1.807, 2.05) is 12.1 Å². The number of hydrogen-bond acceptors (Lipinski definition) is 5. The van der Waals surface area contributed by atoms with Crippen molar-refractivity contribution in [1.29, 1.82) is 0 Å². The molecular weight excluding hydrogens is 416 g/mol. The summed E-state index contributed by atoms with van der Waals surface area (Å²) in [4.78, 5) is 0. The predicted octanol–water partition coefficient (Wildman–Crippen LogP) is 8.32. The molecule has 0 atom stereocenters. The van der Waals surface area contributed by atoms with Gasteiger partial charge in [0.25, 0.3) is 5.19 Å². The summed E-state index contributed by atoms with van der Waals surface area (Å²) in [5.41, 5.74) is 1.06. The normalized spacial score (nSPS) is 18.6. The molecule has 1 aromatic heterocycles. The predicted molar refractivity (Wildman–Crippen MR) is 135 cm³/mol. The number of unbranched alkanes of at least 4 members (excludes halogenated alkanes) is 4. The third-order valence-electron chi connectivity index (χ3n) is 6.69. The number of nitrogens with zero attached hydrogens (tertiary/aromatic N) is 2. The fourth-order valence-corrected chi connectivity index (χ4v) is 5.37. The van der Waals surface area contributed by atoms with Crippen LogP contribution in [-0.2, 0) is 0 Å². The molecule has 0 aliphatic heterocycles. The fraction of sp³-hybridized carbons (Fsp3) is 0.704. The summed E-state index contributed by atoms with van der Waals surface area (Å²) in [6.07, 6.45) is 17.3. The Hall–Kier alpha value is -1.62. The molecule has 1 aromatic carbocycles. The van der Waals surface area contributed by atoms with Gasteiger partial charge in [-0.2, -0.15) is 0 Å². The number of rotatable bonds is 15. The van der Waals surface area contributed by atoms with E-state index in [1.54, 1.807) is 0 Å². The van der Waals surface area contributed by atoms with Crippen LogP contribution in [-0.4, -0.2) is 23.4 Å². The van der Waals surface area contributed by atoms with Gasteiger partial charge in [0.15, 0.2) is 5.01 Å². The van der Waals surface area contributed by atoms with Gasteiger partial charge in [0, 0.05) is 5.56 Å². The maximum absolute atomic E-state index is 5.91. The molecule has 0 spiro atoms. The van der Waals surface area contributed by atoms with Crippen molar-refractivity contribution in [2.75, 3.05) is 13.2 Å². The van der Waals surface area contributed by atoms with Gasteiger partial charge >= 0.3 is 0 Å². The van der Waals surface area contributed by atoms with Crippen LogP contribution in [0, 0.1) is 11.8 Å². The number of aromatic nitrogens is 2. The summed E-state index contributed by atoms with van der Waals surface area (Å²) < 4.78 is 11.7. The lowest BCUT2D eigenvalue weighted by molar-refractivity contribution is 0.227. The largest absolute Gasteiger partial charge is 0.494 e. The Morgan fingerprint density at radius 2 is 1.38 bits per heavy atom. The van der Waals surface area contributed by atoms with E-state index >= 15 is 0 Å². The summed E-state index contributed by atoms with van der Waals surface area (Å²) in [6.45, 7) is 6.03. The first-order chi connectivity index (χ1) is 15.8. The molecule has 0 unspecified atom stereocenters. The van der Waals surface area contributed by atoms with Crippen LogP contribution in [0.25, 0.3) is 10.6 Å². The molecule has 0 saturated heterocycles. The minimum absolute atomic E-state index is 0.680. The average Bonchev–Trinajstić information content (AvgIpc) is 3.30. The van der Waals surface area contributed by atoms with E-state index in [4.69, 9.17) is 9.47 Å². The van der Waals surface area contributed by atoms with Gasteiger partial charge in [0.1, 0.15) is 5.75 Å². The van der Waals surface area contributed by atoms with Crippen LogP contribution in [0.5, 0.6) is 10.9 Å². The zero-order valence-electron chi connectivity index (χ0n) is 20.2. The van der Waals surface area contributed by atoms with Crippen LogP contribution in [0.3, 0.4) is 0 Å². The van der Waals surface area contributed by atoms with Crippen molar-refractivity contribution < 1.29 is 9.47 Å². The standard InChI is InChI=1S/C27H42N2O2S/c1-3-5-7-10-22-12-14-23(15-13-22)11-9-21-31-27-29-28-26(32-27)24-16-18-25(19-17-24)30-20-8-6-4-2/h16-19,22-23H,3-15,20-21H2,1-2H3. The second kappa shape index (κ2) is 14.5. The SMILES string of the molecule is CCCCCOc1ccc(-c2nnc(OCCCC3CCC(CCCCC)CC3)s2)cc1. The second-order valence-corrected chi connectivity index (χ2v) is 10.3. The quantitative estimate of drug-likeness (QED) is 0.252.